The van der Waals surface area contributed by atoms with Crippen molar-refractivity contribution in [2.75, 3.05) is 0 Å². The molecule has 0 bridgehead atoms. The summed E-state index contributed by atoms with van der Waals surface area (Å²) in [5.74, 6) is -0.710. The van der Waals surface area contributed by atoms with E-state index in [9.17, 15) is 9.59 Å². The molecule has 2 heterocycles. The number of hydrogen-bond acceptors (Lipinski definition) is 3. The number of aromatic amines is 1. The second kappa shape index (κ2) is 6.00. The molecule has 3 N–H and O–H groups in total. The van der Waals surface area contributed by atoms with Gasteiger partial charge in [0.15, 0.2) is 0 Å². The molecule has 1 aromatic carbocycles. The lowest BCUT2D eigenvalue weighted by molar-refractivity contribution is -0.121. The van der Waals surface area contributed by atoms with Gasteiger partial charge in [0.2, 0.25) is 5.91 Å². The summed E-state index contributed by atoms with van der Waals surface area (Å²) >= 11 is 0. The van der Waals surface area contributed by atoms with Gasteiger partial charge in [-0.25, -0.2) is 0 Å². The van der Waals surface area contributed by atoms with Crippen LogP contribution in [0.2, 0.25) is 0 Å². The van der Waals surface area contributed by atoms with Gasteiger partial charge in [0, 0.05) is 17.1 Å². The summed E-state index contributed by atoms with van der Waals surface area (Å²) in [5.41, 5.74) is 8.97. The van der Waals surface area contributed by atoms with Crippen molar-refractivity contribution in [3.05, 3.63) is 59.1 Å². The Morgan fingerprint density at radius 2 is 1.96 bits per heavy atom. The Morgan fingerprint density at radius 3 is 2.70 bits per heavy atom. The van der Waals surface area contributed by atoms with Gasteiger partial charge in [0.25, 0.3) is 5.91 Å². The SMILES string of the molecule is Cc1cc2occ(CC(=O)NNC(=O)c3ccc[nH]3)c2cc1C. The minimum Gasteiger partial charge on any atom is -0.464 e. The summed E-state index contributed by atoms with van der Waals surface area (Å²) in [6.45, 7) is 4.03. The molecule has 0 aliphatic heterocycles. The average Bonchev–Trinajstić information content (AvgIpc) is 3.17. The van der Waals surface area contributed by atoms with Gasteiger partial charge in [0.1, 0.15) is 11.3 Å². The highest BCUT2D eigenvalue weighted by Crippen LogP contribution is 2.25. The molecule has 23 heavy (non-hydrogen) atoms. The van der Waals surface area contributed by atoms with Crippen molar-refractivity contribution >= 4 is 22.8 Å². The fourth-order valence-electron chi connectivity index (χ4n) is 2.36. The van der Waals surface area contributed by atoms with E-state index in [2.05, 4.69) is 15.8 Å². The third-order valence-corrected chi connectivity index (χ3v) is 3.78. The summed E-state index contributed by atoms with van der Waals surface area (Å²) < 4.78 is 5.50. The molecule has 0 saturated heterocycles. The van der Waals surface area contributed by atoms with Crippen LogP contribution in [0.1, 0.15) is 27.2 Å². The van der Waals surface area contributed by atoms with Crippen molar-refractivity contribution in [3.8, 4) is 0 Å². The predicted molar refractivity (Wildman–Crippen MR) is 85.8 cm³/mol. The van der Waals surface area contributed by atoms with Crippen LogP contribution < -0.4 is 10.9 Å². The molecule has 0 radical (unpaired) electrons. The Labute approximate surface area is 132 Å². The zero-order chi connectivity index (χ0) is 16.4. The third kappa shape index (κ3) is 3.11. The van der Waals surface area contributed by atoms with E-state index in [1.165, 1.54) is 0 Å². The second-order valence-electron chi connectivity index (χ2n) is 5.46. The topological polar surface area (TPSA) is 87.1 Å². The van der Waals surface area contributed by atoms with E-state index in [0.29, 0.717) is 5.69 Å². The van der Waals surface area contributed by atoms with E-state index in [1.54, 1.807) is 24.6 Å². The molecule has 6 heteroatoms. The maximum atomic E-state index is 12.0. The number of benzene rings is 1. The molecule has 118 valence electrons. The molecule has 0 atom stereocenters. The molecular formula is C17H17N3O3. The van der Waals surface area contributed by atoms with Gasteiger partial charge in [-0.3, -0.25) is 20.4 Å². The number of aryl methyl sites for hydroxylation is 2. The smallest absolute Gasteiger partial charge is 0.286 e. The van der Waals surface area contributed by atoms with Crippen LogP contribution >= 0.6 is 0 Å². The first-order valence-corrected chi connectivity index (χ1v) is 7.24. The summed E-state index contributed by atoms with van der Waals surface area (Å²) in [6.07, 6.45) is 3.34. The van der Waals surface area contributed by atoms with E-state index in [1.807, 2.05) is 26.0 Å². The van der Waals surface area contributed by atoms with Crippen molar-refractivity contribution < 1.29 is 14.0 Å². The maximum Gasteiger partial charge on any atom is 0.286 e. The Bertz CT molecular complexity index is 863. The predicted octanol–water partition coefficient (Wildman–Crippen LogP) is 2.38. The monoisotopic (exact) mass is 311 g/mol. The molecule has 0 aliphatic carbocycles. The molecule has 0 unspecified atom stereocenters. The fraction of sp³-hybridized carbons (Fsp3) is 0.176. The summed E-state index contributed by atoms with van der Waals surface area (Å²) in [7, 11) is 0. The number of H-pyrrole nitrogens is 1. The molecule has 0 fully saturated rings. The first kappa shape index (κ1) is 14.9. The standard InChI is InChI=1S/C17H17N3O3/c1-10-6-13-12(9-23-15(13)7-11(10)2)8-16(21)19-20-17(22)14-4-3-5-18-14/h3-7,9,18H,8H2,1-2H3,(H,19,21)(H,20,22). The van der Waals surface area contributed by atoms with Crippen LogP contribution in [-0.2, 0) is 11.2 Å². The molecule has 6 nitrogen and oxygen atoms in total. The molecule has 0 aliphatic rings. The third-order valence-electron chi connectivity index (χ3n) is 3.78. The number of fused-ring (bicyclic) bond motifs is 1. The van der Waals surface area contributed by atoms with Gasteiger partial charge in [0.05, 0.1) is 12.7 Å². The summed E-state index contributed by atoms with van der Waals surface area (Å²) in [5, 5.41) is 0.916. The Morgan fingerprint density at radius 1 is 1.17 bits per heavy atom. The van der Waals surface area contributed by atoms with Crippen molar-refractivity contribution in [1.82, 2.24) is 15.8 Å². The molecule has 0 spiro atoms. The second-order valence-corrected chi connectivity index (χ2v) is 5.46. The Hall–Kier alpha value is -3.02. The number of hydrogen-bond donors (Lipinski definition) is 3. The van der Waals surface area contributed by atoms with Crippen LogP contribution in [0.5, 0.6) is 0 Å². The lowest BCUT2D eigenvalue weighted by Gasteiger charge is -2.06. The van der Waals surface area contributed by atoms with Crippen LogP contribution in [0.3, 0.4) is 0 Å². The van der Waals surface area contributed by atoms with Crippen molar-refractivity contribution in [1.29, 1.82) is 0 Å². The zero-order valence-electron chi connectivity index (χ0n) is 12.9. The lowest BCUT2D eigenvalue weighted by atomic mass is 10.0. The lowest BCUT2D eigenvalue weighted by Crippen LogP contribution is -2.42. The normalized spacial score (nSPS) is 10.7. The molecule has 3 rings (SSSR count). The number of amides is 2. The molecule has 3 aromatic rings. The highest BCUT2D eigenvalue weighted by Gasteiger charge is 2.13. The van der Waals surface area contributed by atoms with Crippen molar-refractivity contribution in [2.45, 2.75) is 20.3 Å². The highest BCUT2D eigenvalue weighted by atomic mass is 16.3. The van der Waals surface area contributed by atoms with Gasteiger partial charge in [-0.2, -0.15) is 0 Å². The summed E-state index contributed by atoms with van der Waals surface area (Å²) in [4.78, 5) is 26.5. The summed E-state index contributed by atoms with van der Waals surface area (Å²) in [6, 6.07) is 7.29. The van der Waals surface area contributed by atoms with Gasteiger partial charge < -0.3 is 9.40 Å². The number of nitrogens with one attached hydrogen (secondary N) is 3. The Kier molecular flexibility index (Phi) is 3.89. The number of carbonyl (C=O) groups is 2. The minimum atomic E-state index is -0.396. The zero-order valence-corrected chi connectivity index (χ0v) is 12.9. The van der Waals surface area contributed by atoms with E-state index in [4.69, 9.17) is 4.42 Å². The fourth-order valence-corrected chi connectivity index (χ4v) is 2.36. The van der Waals surface area contributed by atoms with Gasteiger partial charge in [-0.05, 0) is 49.2 Å². The van der Waals surface area contributed by atoms with E-state index < -0.39 is 5.91 Å². The van der Waals surface area contributed by atoms with E-state index in [0.717, 1.165) is 27.7 Å². The molecule has 2 aromatic heterocycles. The van der Waals surface area contributed by atoms with E-state index in [-0.39, 0.29) is 12.3 Å². The van der Waals surface area contributed by atoms with Crippen molar-refractivity contribution in [2.24, 2.45) is 0 Å². The van der Waals surface area contributed by atoms with Crippen LogP contribution in [-0.4, -0.2) is 16.8 Å². The van der Waals surface area contributed by atoms with Crippen LogP contribution in [0, 0.1) is 13.8 Å². The quantitative estimate of drug-likeness (QED) is 0.649. The number of aromatic nitrogens is 1. The first-order valence-electron chi connectivity index (χ1n) is 7.24. The maximum absolute atomic E-state index is 12.0. The number of carbonyl (C=O) groups excluding carboxylic acids is 2. The number of furan rings is 1. The van der Waals surface area contributed by atoms with Crippen LogP contribution in [0.25, 0.3) is 11.0 Å². The van der Waals surface area contributed by atoms with Crippen molar-refractivity contribution in [3.63, 3.8) is 0 Å². The first-order chi connectivity index (χ1) is 11.0. The number of hydrazine groups is 1. The molecule has 2 amide bonds. The average molecular weight is 311 g/mol. The molecule has 0 saturated carbocycles. The largest absolute Gasteiger partial charge is 0.464 e. The van der Waals surface area contributed by atoms with Gasteiger partial charge in [-0.15, -0.1) is 0 Å². The highest BCUT2D eigenvalue weighted by molar-refractivity contribution is 5.94. The molecular weight excluding hydrogens is 294 g/mol. The number of rotatable bonds is 3. The Balaban J connectivity index is 1.66. The van der Waals surface area contributed by atoms with E-state index >= 15 is 0 Å². The van der Waals surface area contributed by atoms with Gasteiger partial charge >= 0.3 is 0 Å². The van der Waals surface area contributed by atoms with Gasteiger partial charge in [-0.1, -0.05) is 0 Å². The van der Waals surface area contributed by atoms with Crippen LogP contribution in [0.4, 0.5) is 0 Å². The minimum absolute atomic E-state index is 0.126. The van der Waals surface area contributed by atoms with Crippen LogP contribution in [0.15, 0.2) is 41.1 Å².